The number of esters is 1. The largest absolute Gasteiger partial charge is 0.468 e. The van der Waals surface area contributed by atoms with E-state index in [1.807, 2.05) is 13.8 Å². The zero-order valence-electron chi connectivity index (χ0n) is 13.4. The van der Waals surface area contributed by atoms with Crippen molar-refractivity contribution in [2.75, 3.05) is 47.0 Å². The lowest BCUT2D eigenvalue weighted by Gasteiger charge is -2.34. The van der Waals surface area contributed by atoms with Crippen LogP contribution >= 0.6 is 0 Å². The monoisotopic (exact) mass is 286 g/mol. The number of hydrogen-bond donors (Lipinski definition) is 1. The van der Waals surface area contributed by atoms with Gasteiger partial charge in [-0.15, -0.1) is 0 Å². The second-order valence-corrected chi connectivity index (χ2v) is 5.84. The van der Waals surface area contributed by atoms with Gasteiger partial charge >= 0.3 is 5.97 Å². The van der Waals surface area contributed by atoms with Gasteiger partial charge in [-0.2, -0.15) is 0 Å². The normalized spacial score (nSPS) is 20.6. The van der Waals surface area contributed by atoms with Crippen LogP contribution in [-0.4, -0.2) is 63.4 Å². The van der Waals surface area contributed by atoms with E-state index in [1.54, 1.807) is 7.11 Å². The van der Waals surface area contributed by atoms with Crippen LogP contribution in [0.1, 0.15) is 33.1 Å². The van der Waals surface area contributed by atoms with Crippen LogP contribution in [0.15, 0.2) is 0 Å². The van der Waals surface area contributed by atoms with Crippen molar-refractivity contribution in [3.8, 4) is 0 Å². The first-order valence-electron chi connectivity index (χ1n) is 7.60. The number of ether oxygens (including phenoxy) is 2. The summed E-state index contributed by atoms with van der Waals surface area (Å²) in [5, 5.41) is 3.26. The lowest BCUT2D eigenvalue weighted by atomic mass is 9.94. The van der Waals surface area contributed by atoms with E-state index >= 15 is 0 Å². The third-order valence-corrected chi connectivity index (χ3v) is 4.24. The van der Waals surface area contributed by atoms with Crippen molar-refractivity contribution in [3.63, 3.8) is 0 Å². The number of hydrogen-bond acceptors (Lipinski definition) is 5. The molecule has 1 saturated heterocycles. The molecule has 0 radical (unpaired) electrons. The number of nitrogens with zero attached hydrogens (tertiary/aromatic N) is 1. The smallest absolute Gasteiger partial charge is 0.325 e. The van der Waals surface area contributed by atoms with E-state index in [-0.39, 0.29) is 5.97 Å². The molecule has 1 fully saturated rings. The molecular formula is C15H30N2O3. The van der Waals surface area contributed by atoms with Crippen molar-refractivity contribution in [2.24, 2.45) is 5.92 Å². The lowest BCUT2D eigenvalue weighted by Crippen LogP contribution is -2.52. The molecule has 1 N–H and O–H groups in total. The molecule has 118 valence electrons. The number of piperidine rings is 1. The van der Waals surface area contributed by atoms with Gasteiger partial charge in [-0.25, -0.2) is 0 Å². The number of methoxy groups -OCH3 is 2. The van der Waals surface area contributed by atoms with Gasteiger partial charge in [0, 0.05) is 20.3 Å². The van der Waals surface area contributed by atoms with Crippen LogP contribution in [0.3, 0.4) is 0 Å². The summed E-state index contributed by atoms with van der Waals surface area (Å²) < 4.78 is 10.1. The van der Waals surface area contributed by atoms with E-state index in [2.05, 4.69) is 10.2 Å². The SMILES string of the molecule is CCNC(C)(CCN1CCC(COC)CC1)C(=O)OC. The van der Waals surface area contributed by atoms with Crippen LogP contribution in [0.2, 0.25) is 0 Å². The molecule has 1 aliphatic heterocycles. The predicted molar refractivity (Wildman–Crippen MR) is 79.8 cm³/mol. The molecular weight excluding hydrogens is 256 g/mol. The van der Waals surface area contributed by atoms with Gasteiger partial charge in [-0.1, -0.05) is 6.92 Å². The molecule has 1 rings (SSSR count). The van der Waals surface area contributed by atoms with E-state index < -0.39 is 5.54 Å². The Bertz CT molecular complexity index is 291. The zero-order valence-corrected chi connectivity index (χ0v) is 13.4. The minimum absolute atomic E-state index is 0.173. The highest BCUT2D eigenvalue weighted by Gasteiger charge is 2.33. The van der Waals surface area contributed by atoms with Gasteiger partial charge in [-0.3, -0.25) is 4.79 Å². The third kappa shape index (κ3) is 5.04. The molecule has 1 atom stereocenters. The standard InChI is InChI=1S/C15H30N2O3/c1-5-16-15(2,14(18)20-4)8-11-17-9-6-13(7-10-17)12-19-3/h13,16H,5-12H2,1-4H3. The summed E-state index contributed by atoms with van der Waals surface area (Å²) in [6.45, 7) is 8.69. The molecule has 0 aromatic rings. The Hall–Kier alpha value is -0.650. The van der Waals surface area contributed by atoms with Gasteiger partial charge in [0.05, 0.1) is 7.11 Å². The van der Waals surface area contributed by atoms with Crippen molar-refractivity contribution in [1.82, 2.24) is 10.2 Å². The molecule has 0 spiro atoms. The van der Waals surface area contributed by atoms with Crippen molar-refractivity contribution in [2.45, 2.75) is 38.6 Å². The third-order valence-electron chi connectivity index (χ3n) is 4.24. The quantitative estimate of drug-likeness (QED) is 0.681. The molecule has 1 unspecified atom stereocenters. The molecule has 0 aliphatic carbocycles. The van der Waals surface area contributed by atoms with Crippen LogP contribution in [0.4, 0.5) is 0 Å². The van der Waals surface area contributed by atoms with Gasteiger partial charge in [0.2, 0.25) is 0 Å². The van der Waals surface area contributed by atoms with Gasteiger partial charge in [0.25, 0.3) is 0 Å². The minimum atomic E-state index is -0.577. The molecule has 1 aliphatic rings. The molecule has 0 amide bonds. The highest BCUT2D eigenvalue weighted by atomic mass is 16.5. The molecule has 5 nitrogen and oxygen atoms in total. The maximum absolute atomic E-state index is 11.9. The van der Waals surface area contributed by atoms with E-state index in [4.69, 9.17) is 9.47 Å². The minimum Gasteiger partial charge on any atom is -0.468 e. The average Bonchev–Trinajstić information content (AvgIpc) is 2.46. The molecule has 20 heavy (non-hydrogen) atoms. The number of carbonyl (C=O) groups is 1. The summed E-state index contributed by atoms with van der Waals surface area (Å²) in [7, 11) is 3.22. The highest BCUT2D eigenvalue weighted by Crippen LogP contribution is 2.19. The lowest BCUT2D eigenvalue weighted by molar-refractivity contribution is -0.148. The van der Waals surface area contributed by atoms with E-state index in [1.165, 1.54) is 20.0 Å². The number of nitrogens with one attached hydrogen (secondary N) is 1. The van der Waals surface area contributed by atoms with E-state index in [0.29, 0.717) is 5.92 Å². The Morgan fingerprint density at radius 2 is 2.00 bits per heavy atom. The summed E-state index contributed by atoms with van der Waals surface area (Å²) in [5.74, 6) is 0.519. The average molecular weight is 286 g/mol. The Morgan fingerprint density at radius 1 is 1.35 bits per heavy atom. The first-order chi connectivity index (χ1) is 9.55. The maximum atomic E-state index is 11.9. The van der Waals surface area contributed by atoms with E-state index in [9.17, 15) is 4.79 Å². The molecule has 0 bridgehead atoms. The van der Waals surface area contributed by atoms with Crippen molar-refractivity contribution in [3.05, 3.63) is 0 Å². The van der Waals surface area contributed by atoms with Crippen molar-refractivity contribution >= 4 is 5.97 Å². The second kappa shape index (κ2) is 8.60. The second-order valence-electron chi connectivity index (χ2n) is 5.84. The molecule has 0 aromatic carbocycles. The fraction of sp³-hybridized carbons (Fsp3) is 0.933. The molecule has 0 aromatic heterocycles. The fourth-order valence-electron chi connectivity index (χ4n) is 2.87. The van der Waals surface area contributed by atoms with Crippen LogP contribution < -0.4 is 5.32 Å². The van der Waals surface area contributed by atoms with Gasteiger partial charge in [0.15, 0.2) is 0 Å². The number of rotatable bonds is 8. The number of likely N-dealkylation sites (tertiary alicyclic amines) is 1. The van der Waals surface area contributed by atoms with Crippen LogP contribution in [0, 0.1) is 5.92 Å². The number of carbonyl (C=O) groups excluding carboxylic acids is 1. The Kier molecular flexibility index (Phi) is 7.48. The summed E-state index contributed by atoms with van der Waals surface area (Å²) in [6, 6.07) is 0. The van der Waals surface area contributed by atoms with Crippen LogP contribution in [-0.2, 0) is 14.3 Å². The summed E-state index contributed by atoms with van der Waals surface area (Å²) >= 11 is 0. The Labute approximate surface area is 123 Å². The summed E-state index contributed by atoms with van der Waals surface area (Å²) in [4.78, 5) is 14.3. The maximum Gasteiger partial charge on any atom is 0.325 e. The highest BCUT2D eigenvalue weighted by molar-refractivity contribution is 5.80. The predicted octanol–water partition coefficient (Wildman–Crippen LogP) is 1.28. The van der Waals surface area contributed by atoms with Gasteiger partial charge in [0.1, 0.15) is 5.54 Å². The fourth-order valence-corrected chi connectivity index (χ4v) is 2.87. The van der Waals surface area contributed by atoms with Crippen molar-refractivity contribution in [1.29, 1.82) is 0 Å². The van der Waals surface area contributed by atoms with Gasteiger partial charge < -0.3 is 19.7 Å². The molecule has 0 saturated carbocycles. The van der Waals surface area contributed by atoms with Crippen molar-refractivity contribution < 1.29 is 14.3 Å². The Morgan fingerprint density at radius 3 is 2.50 bits per heavy atom. The Balaban J connectivity index is 2.39. The molecule has 5 heteroatoms. The zero-order chi connectivity index (χ0) is 15.0. The summed E-state index contributed by atoms with van der Waals surface area (Å²) in [5.41, 5.74) is -0.577. The van der Waals surface area contributed by atoms with Crippen LogP contribution in [0.5, 0.6) is 0 Å². The van der Waals surface area contributed by atoms with Gasteiger partial charge in [-0.05, 0) is 51.7 Å². The summed E-state index contributed by atoms with van der Waals surface area (Å²) in [6.07, 6.45) is 3.15. The number of likely N-dealkylation sites (N-methyl/N-ethyl adjacent to an activating group) is 1. The van der Waals surface area contributed by atoms with E-state index in [0.717, 1.165) is 39.2 Å². The molecule has 1 heterocycles. The van der Waals surface area contributed by atoms with Crippen LogP contribution in [0.25, 0.3) is 0 Å². The topological polar surface area (TPSA) is 50.8 Å². The first kappa shape index (κ1) is 17.4. The first-order valence-corrected chi connectivity index (χ1v) is 7.60.